The lowest BCUT2D eigenvalue weighted by atomic mass is 9.38. The van der Waals surface area contributed by atoms with Gasteiger partial charge in [-0.25, -0.2) is 0 Å². The highest BCUT2D eigenvalue weighted by atomic mass is 14.6. The highest BCUT2D eigenvalue weighted by Crippen LogP contribution is 2.34. The van der Waals surface area contributed by atoms with Crippen LogP contribution in [0, 0.1) is 0 Å². The van der Waals surface area contributed by atoms with Gasteiger partial charge >= 0.3 is 0 Å². The summed E-state index contributed by atoms with van der Waals surface area (Å²) >= 11 is 0. The smallest absolute Gasteiger partial charge is 0.209 e. The van der Waals surface area contributed by atoms with E-state index in [0.29, 0.717) is 13.4 Å². The molecule has 6 aromatic rings. The van der Waals surface area contributed by atoms with E-state index in [1.54, 1.807) is 0 Å². The number of hydrogen-bond acceptors (Lipinski definition) is 2. The minimum absolute atomic E-state index is 0.389. The van der Waals surface area contributed by atoms with Crippen LogP contribution in [-0.4, -0.2) is 23.4 Å². The van der Waals surface area contributed by atoms with Crippen molar-refractivity contribution in [2.45, 2.75) is 206 Å². The fourth-order valence-corrected chi connectivity index (χ4v) is 10.6. The van der Waals surface area contributed by atoms with Crippen molar-refractivity contribution in [2.24, 2.45) is 0 Å². The van der Waals surface area contributed by atoms with E-state index in [1.165, 1.54) is 247 Å². The zero-order valence-electron chi connectivity index (χ0n) is 39.5. The van der Waals surface area contributed by atoms with Gasteiger partial charge in [-0.2, -0.15) is 0 Å². The number of pyridine rings is 2. The molecular weight excluding hydrogens is 746 g/mol. The molecule has 0 bridgehead atoms. The van der Waals surface area contributed by atoms with Crippen molar-refractivity contribution < 1.29 is 0 Å². The first-order valence-electron chi connectivity index (χ1n) is 26.3. The molecule has 0 aliphatic rings. The molecule has 2 nitrogen and oxygen atoms in total. The van der Waals surface area contributed by atoms with E-state index in [9.17, 15) is 0 Å². The zero-order valence-corrected chi connectivity index (χ0v) is 39.5. The Labute approximate surface area is 379 Å². The molecule has 0 saturated heterocycles. The van der Waals surface area contributed by atoms with Gasteiger partial charge < -0.3 is 0 Å². The van der Waals surface area contributed by atoms with Gasteiger partial charge in [0.2, 0.25) is 13.4 Å². The molecule has 0 aliphatic heterocycles. The molecule has 6 rings (SSSR count). The van der Waals surface area contributed by atoms with Crippen LogP contribution < -0.4 is 21.9 Å². The quantitative estimate of drug-likeness (QED) is 0.0230. The van der Waals surface area contributed by atoms with Crippen molar-refractivity contribution in [3.63, 3.8) is 0 Å². The normalized spacial score (nSPS) is 11.7. The molecule has 0 amide bonds. The molecular formula is C58H82B2N2. The van der Waals surface area contributed by atoms with Gasteiger partial charge in [0.15, 0.2) is 0 Å². The number of aromatic nitrogens is 2. The summed E-state index contributed by atoms with van der Waals surface area (Å²) in [5, 5.41) is 8.33. The third kappa shape index (κ3) is 15.3. The molecule has 0 spiro atoms. The topological polar surface area (TPSA) is 25.8 Å². The Morgan fingerprint density at radius 2 is 0.532 bits per heavy atom. The van der Waals surface area contributed by atoms with Crippen molar-refractivity contribution in [3.8, 4) is 0 Å². The number of hydrogen-bond donors (Lipinski definition) is 0. The van der Waals surface area contributed by atoms with Crippen molar-refractivity contribution in [1.82, 2.24) is 9.97 Å². The Balaban J connectivity index is 1.04. The lowest BCUT2D eigenvalue weighted by Crippen LogP contribution is -2.42. The summed E-state index contributed by atoms with van der Waals surface area (Å²) in [6.45, 7) is 5.39. The molecule has 0 radical (unpaired) electrons. The molecule has 0 N–H and O–H groups in total. The first-order chi connectivity index (χ1) is 30.8. The van der Waals surface area contributed by atoms with Crippen molar-refractivity contribution >= 4 is 67.6 Å². The van der Waals surface area contributed by atoms with E-state index in [1.807, 2.05) is 24.8 Å². The second-order valence-electron chi connectivity index (χ2n) is 19.3. The standard InChI is InChI=1S/C58H82B2N2/c1-3-5-7-9-11-13-15-17-19-21-23-25-27-29-39-59(53-35-41-61-42-36-53)55-45-49-31-33-51-47-56(48-52-34-32-50(46-55)57(49)58(51)52)60(54-37-43-62-44-38-54)40-30-28-26-24-22-20-18-16-14-12-10-8-6-4-2/h31-38,41-48H,3-30,39-40H2,1-2H3. The summed E-state index contributed by atoms with van der Waals surface area (Å²) in [7, 11) is 0. The van der Waals surface area contributed by atoms with Crippen LogP contribution >= 0.6 is 0 Å². The predicted octanol–water partition coefficient (Wildman–Crippen LogP) is 15.6. The maximum absolute atomic E-state index is 4.39. The SMILES string of the molecule is CCCCCCCCCCCCCCCCB(c1ccncc1)c1cc2ccc3cc(B(CCCCCCCCCCCCCCCC)c4ccncc4)cc4ccc(c1)c2c34. The van der Waals surface area contributed by atoms with Crippen LogP contribution in [0.2, 0.25) is 12.6 Å². The zero-order chi connectivity index (χ0) is 42.9. The molecule has 0 aliphatic carbocycles. The van der Waals surface area contributed by atoms with Gasteiger partial charge in [-0.3, -0.25) is 9.97 Å². The van der Waals surface area contributed by atoms with Gasteiger partial charge in [-0.15, -0.1) is 0 Å². The summed E-state index contributed by atoms with van der Waals surface area (Å²) in [5.41, 5.74) is 5.69. The molecule has 0 unspecified atom stereocenters. The van der Waals surface area contributed by atoms with Crippen LogP contribution in [0.4, 0.5) is 0 Å². The Hall–Kier alpha value is -3.65. The average molecular weight is 829 g/mol. The highest BCUT2D eigenvalue weighted by Gasteiger charge is 2.23. The summed E-state index contributed by atoms with van der Waals surface area (Å²) in [6.07, 6.45) is 49.5. The molecule has 4 heteroatoms. The van der Waals surface area contributed by atoms with E-state index < -0.39 is 0 Å². The lowest BCUT2D eigenvalue weighted by Gasteiger charge is -2.20. The van der Waals surface area contributed by atoms with Gasteiger partial charge in [0.1, 0.15) is 0 Å². The van der Waals surface area contributed by atoms with Crippen LogP contribution in [0.3, 0.4) is 0 Å². The second kappa shape index (κ2) is 28.2. The third-order valence-corrected chi connectivity index (χ3v) is 14.3. The van der Waals surface area contributed by atoms with Crippen LogP contribution in [0.15, 0.2) is 97.6 Å². The van der Waals surface area contributed by atoms with Gasteiger partial charge in [0, 0.05) is 24.8 Å². The Morgan fingerprint density at radius 1 is 0.290 bits per heavy atom. The van der Waals surface area contributed by atoms with E-state index >= 15 is 0 Å². The molecule has 4 aromatic carbocycles. The number of unbranched alkanes of at least 4 members (excludes halogenated alkanes) is 26. The minimum atomic E-state index is 0.389. The number of rotatable bonds is 34. The van der Waals surface area contributed by atoms with E-state index in [0.717, 1.165) is 0 Å². The first kappa shape index (κ1) is 47.8. The summed E-state index contributed by atoms with van der Waals surface area (Å²) in [4.78, 5) is 8.79. The molecule has 0 atom stereocenters. The molecule has 0 saturated carbocycles. The van der Waals surface area contributed by atoms with Crippen molar-refractivity contribution in [3.05, 3.63) is 97.6 Å². The van der Waals surface area contributed by atoms with E-state index in [4.69, 9.17) is 0 Å². The average Bonchev–Trinajstić information content (AvgIpc) is 3.31. The maximum Gasteiger partial charge on any atom is 0.209 e. The van der Waals surface area contributed by atoms with Crippen LogP contribution in [0.25, 0.3) is 32.3 Å². The fraction of sp³-hybridized carbons (Fsp3) is 0.552. The first-order valence-corrected chi connectivity index (χ1v) is 26.3. The van der Waals surface area contributed by atoms with Gasteiger partial charge in [0.05, 0.1) is 0 Å². The predicted molar refractivity (Wildman–Crippen MR) is 279 cm³/mol. The van der Waals surface area contributed by atoms with Gasteiger partial charge in [-0.05, 0) is 56.6 Å². The molecule has 0 fully saturated rings. The van der Waals surface area contributed by atoms with E-state index in [-0.39, 0.29) is 0 Å². The molecule has 62 heavy (non-hydrogen) atoms. The third-order valence-electron chi connectivity index (χ3n) is 14.3. The van der Waals surface area contributed by atoms with Crippen molar-refractivity contribution in [2.75, 3.05) is 0 Å². The van der Waals surface area contributed by atoms with Crippen LogP contribution in [-0.2, 0) is 0 Å². The fourth-order valence-electron chi connectivity index (χ4n) is 10.6. The molecule has 2 aromatic heterocycles. The van der Waals surface area contributed by atoms with Gasteiger partial charge in [0.25, 0.3) is 0 Å². The Bertz CT molecular complexity index is 1850. The summed E-state index contributed by atoms with van der Waals surface area (Å²) in [5.74, 6) is 0. The maximum atomic E-state index is 4.39. The Morgan fingerprint density at radius 3 is 0.790 bits per heavy atom. The number of nitrogens with zero attached hydrogens (tertiary/aromatic N) is 2. The minimum Gasteiger partial charge on any atom is -0.265 e. The van der Waals surface area contributed by atoms with Crippen molar-refractivity contribution in [1.29, 1.82) is 0 Å². The van der Waals surface area contributed by atoms with E-state index in [2.05, 4.69) is 96.6 Å². The Kier molecular flexibility index (Phi) is 21.8. The largest absolute Gasteiger partial charge is 0.265 e. The number of benzene rings is 4. The van der Waals surface area contributed by atoms with Gasteiger partial charge in [-0.1, -0.05) is 277 Å². The highest BCUT2D eigenvalue weighted by molar-refractivity contribution is 6.86. The lowest BCUT2D eigenvalue weighted by molar-refractivity contribution is 0.538. The summed E-state index contributed by atoms with van der Waals surface area (Å²) in [6, 6.07) is 28.7. The summed E-state index contributed by atoms with van der Waals surface area (Å²) < 4.78 is 0. The monoisotopic (exact) mass is 829 g/mol. The molecule has 2 heterocycles. The van der Waals surface area contributed by atoms with Crippen LogP contribution in [0.1, 0.15) is 194 Å². The second-order valence-corrected chi connectivity index (χ2v) is 19.3. The van der Waals surface area contributed by atoms with Crippen LogP contribution in [0.5, 0.6) is 0 Å². The molecule has 330 valence electrons.